The molecule has 5 aromatic rings. The number of aromatic nitrogens is 1. The second-order valence-corrected chi connectivity index (χ2v) is 8.43. The fourth-order valence-electron chi connectivity index (χ4n) is 3.78. The van der Waals surface area contributed by atoms with Crippen molar-refractivity contribution >= 4 is 45.7 Å². The van der Waals surface area contributed by atoms with E-state index in [0.717, 1.165) is 0 Å². The molecule has 0 radical (unpaired) electrons. The van der Waals surface area contributed by atoms with Gasteiger partial charge in [-0.05, 0) is 67.2 Å². The normalized spacial score (nSPS) is 10.8. The van der Waals surface area contributed by atoms with E-state index < -0.39 is 10.8 Å². The molecule has 3 N–H and O–H groups in total. The third kappa shape index (κ3) is 4.75. The summed E-state index contributed by atoms with van der Waals surface area (Å²) in [7, 11) is 0. The van der Waals surface area contributed by atoms with Gasteiger partial charge in [-0.15, -0.1) is 0 Å². The zero-order valence-corrected chi connectivity index (χ0v) is 20.0. The Morgan fingerprint density at radius 1 is 1.03 bits per heavy atom. The second kappa shape index (κ2) is 9.55. The van der Waals surface area contributed by atoms with E-state index in [-0.39, 0.29) is 39.5 Å². The van der Waals surface area contributed by atoms with Crippen LogP contribution in [0.5, 0.6) is 5.75 Å². The molecule has 0 aliphatic carbocycles. The Balaban J connectivity index is 1.33. The number of rotatable bonds is 5. The molecule has 2 heterocycles. The molecule has 37 heavy (non-hydrogen) atoms. The lowest BCUT2D eigenvalue weighted by Gasteiger charge is -2.12. The average Bonchev–Trinajstić information content (AvgIpc) is 3.53. The maximum atomic E-state index is 12.7. The first-order valence-electron chi connectivity index (χ1n) is 11.0. The zero-order valence-electron chi connectivity index (χ0n) is 19.2. The Morgan fingerprint density at radius 2 is 1.78 bits per heavy atom. The lowest BCUT2D eigenvalue weighted by molar-refractivity contribution is -0.384. The van der Waals surface area contributed by atoms with Gasteiger partial charge in [-0.3, -0.25) is 20.2 Å². The van der Waals surface area contributed by atoms with E-state index in [1.807, 2.05) is 12.1 Å². The van der Waals surface area contributed by atoms with Crippen LogP contribution in [0, 0.1) is 17.0 Å². The van der Waals surface area contributed by atoms with Crippen molar-refractivity contribution in [1.82, 2.24) is 10.3 Å². The first kappa shape index (κ1) is 23.7. The number of nitrogens with zero attached hydrogens (tertiary/aromatic N) is 2. The molecule has 5 rings (SSSR count). The second-order valence-electron chi connectivity index (χ2n) is 8.02. The summed E-state index contributed by atoms with van der Waals surface area (Å²) in [6, 6.07) is 19.4. The van der Waals surface area contributed by atoms with E-state index in [1.165, 1.54) is 24.3 Å². The summed E-state index contributed by atoms with van der Waals surface area (Å²) in [5, 5.41) is 27.3. The van der Waals surface area contributed by atoms with Crippen LogP contribution in [0.15, 0.2) is 81.6 Å². The number of nitro groups is 1. The Kier molecular flexibility index (Phi) is 6.12. The van der Waals surface area contributed by atoms with E-state index in [2.05, 4.69) is 15.6 Å². The van der Waals surface area contributed by atoms with Gasteiger partial charge in [-0.1, -0.05) is 24.3 Å². The average molecular weight is 515 g/mol. The van der Waals surface area contributed by atoms with Gasteiger partial charge in [0.15, 0.2) is 16.5 Å². The molecule has 11 heteroatoms. The predicted octanol–water partition coefficient (Wildman–Crippen LogP) is 5.80. The number of amides is 1. The molecule has 184 valence electrons. The Morgan fingerprint density at radius 3 is 2.57 bits per heavy atom. The largest absolute Gasteiger partial charge is 0.507 e. The molecule has 3 aromatic carbocycles. The van der Waals surface area contributed by atoms with Crippen LogP contribution < -0.4 is 10.6 Å². The number of hydrogen-bond acceptors (Lipinski definition) is 8. The van der Waals surface area contributed by atoms with E-state index in [9.17, 15) is 20.0 Å². The van der Waals surface area contributed by atoms with Crippen LogP contribution in [0.3, 0.4) is 0 Å². The van der Waals surface area contributed by atoms with Gasteiger partial charge in [-0.25, -0.2) is 4.98 Å². The van der Waals surface area contributed by atoms with E-state index in [4.69, 9.17) is 21.1 Å². The number of phenolic OH excluding ortho intramolecular Hbond substituents is 1. The van der Waals surface area contributed by atoms with Gasteiger partial charge in [0.2, 0.25) is 5.89 Å². The minimum atomic E-state index is -0.642. The van der Waals surface area contributed by atoms with Gasteiger partial charge in [0.25, 0.3) is 11.6 Å². The zero-order chi connectivity index (χ0) is 26.1. The van der Waals surface area contributed by atoms with Crippen molar-refractivity contribution in [3.05, 3.63) is 94.2 Å². The standard InChI is InChI=1S/C26H18N4O6S/c1-14-12-15(13-17(23(14)31)25-28-18-7-3-5-9-21(18)36-25)27-26(37)29-24(32)22-11-10-20(35-22)16-6-2-4-8-19(16)30(33)34/h2-13,31H,1H3,(H2,27,29,32,37). The summed E-state index contributed by atoms with van der Waals surface area (Å²) in [4.78, 5) is 27.9. The van der Waals surface area contributed by atoms with Crippen molar-refractivity contribution in [3.63, 3.8) is 0 Å². The monoisotopic (exact) mass is 514 g/mol. The number of nitro benzene ring substituents is 1. The maximum absolute atomic E-state index is 12.7. The Labute approximate surface area is 214 Å². The highest BCUT2D eigenvalue weighted by atomic mass is 32.1. The molecule has 0 bridgehead atoms. The number of furan rings is 1. The number of nitrogens with one attached hydrogen (secondary N) is 2. The maximum Gasteiger partial charge on any atom is 0.293 e. The number of benzene rings is 3. The molecule has 0 saturated heterocycles. The lowest BCUT2D eigenvalue weighted by atomic mass is 10.1. The van der Waals surface area contributed by atoms with E-state index in [0.29, 0.717) is 27.9 Å². The minimum Gasteiger partial charge on any atom is -0.507 e. The summed E-state index contributed by atoms with van der Waals surface area (Å²) in [6.07, 6.45) is 0. The molecule has 2 aromatic heterocycles. The van der Waals surface area contributed by atoms with E-state index in [1.54, 1.807) is 43.3 Å². The van der Waals surface area contributed by atoms with Crippen molar-refractivity contribution in [1.29, 1.82) is 0 Å². The fraction of sp³-hybridized carbons (Fsp3) is 0.0385. The molecule has 0 saturated carbocycles. The third-order valence-corrected chi connectivity index (χ3v) is 5.71. The van der Waals surface area contributed by atoms with Crippen LogP contribution >= 0.6 is 12.2 Å². The van der Waals surface area contributed by atoms with Gasteiger partial charge in [-0.2, -0.15) is 0 Å². The lowest BCUT2D eigenvalue weighted by Crippen LogP contribution is -2.33. The minimum absolute atomic E-state index is 0.00480. The number of thiocarbonyl (C=S) groups is 1. The summed E-state index contributed by atoms with van der Waals surface area (Å²) < 4.78 is 11.3. The number of phenols is 1. The summed E-state index contributed by atoms with van der Waals surface area (Å²) >= 11 is 5.28. The van der Waals surface area contributed by atoms with Crippen molar-refractivity contribution in [3.8, 4) is 28.5 Å². The molecule has 0 aliphatic rings. The molecular weight excluding hydrogens is 496 g/mol. The molecule has 0 atom stereocenters. The number of aromatic hydroxyl groups is 1. The van der Waals surface area contributed by atoms with Gasteiger partial charge >= 0.3 is 0 Å². The Bertz CT molecular complexity index is 1660. The van der Waals surface area contributed by atoms with Crippen molar-refractivity contribution in [2.75, 3.05) is 5.32 Å². The fourth-order valence-corrected chi connectivity index (χ4v) is 3.99. The first-order valence-corrected chi connectivity index (χ1v) is 11.4. The van der Waals surface area contributed by atoms with Crippen LogP contribution in [-0.2, 0) is 0 Å². The molecule has 0 aliphatic heterocycles. The van der Waals surface area contributed by atoms with Gasteiger partial charge < -0.3 is 19.3 Å². The number of oxazole rings is 1. The molecule has 0 spiro atoms. The van der Waals surface area contributed by atoms with Crippen LogP contribution in [0.25, 0.3) is 33.9 Å². The smallest absolute Gasteiger partial charge is 0.293 e. The highest BCUT2D eigenvalue weighted by Crippen LogP contribution is 2.36. The highest BCUT2D eigenvalue weighted by molar-refractivity contribution is 7.80. The number of hydrogen-bond donors (Lipinski definition) is 3. The number of carbonyl (C=O) groups is 1. The Hall–Kier alpha value is -5.03. The van der Waals surface area contributed by atoms with Crippen molar-refractivity contribution in [2.45, 2.75) is 6.92 Å². The van der Waals surface area contributed by atoms with E-state index >= 15 is 0 Å². The highest BCUT2D eigenvalue weighted by Gasteiger charge is 2.20. The predicted molar refractivity (Wildman–Crippen MR) is 140 cm³/mol. The topological polar surface area (TPSA) is 144 Å². The van der Waals surface area contributed by atoms with Gasteiger partial charge in [0.1, 0.15) is 17.0 Å². The van der Waals surface area contributed by atoms with Crippen molar-refractivity contribution in [2.24, 2.45) is 0 Å². The SMILES string of the molecule is Cc1cc(NC(=S)NC(=O)c2ccc(-c3ccccc3[N+](=O)[O-])o2)cc(-c2nc3ccccc3o2)c1O. The number of carbonyl (C=O) groups excluding carboxylic acids is 1. The van der Waals surface area contributed by atoms with Crippen LogP contribution in [-0.4, -0.2) is 26.0 Å². The number of para-hydroxylation sites is 3. The molecule has 10 nitrogen and oxygen atoms in total. The van der Waals surface area contributed by atoms with Crippen LogP contribution in [0.4, 0.5) is 11.4 Å². The molecule has 0 fully saturated rings. The molecule has 0 unspecified atom stereocenters. The first-order chi connectivity index (χ1) is 17.8. The number of anilines is 1. The quantitative estimate of drug-likeness (QED) is 0.115. The van der Waals surface area contributed by atoms with Gasteiger partial charge in [0, 0.05) is 11.8 Å². The summed E-state index contributed by atoms with van der Waals surface area (Å²) in [5.41, 5.74) is 2.71. The summed E-state index contributed by atoms with van der Waals surface area (Å²) in [5.74, 6) is -0.305. The van der Waals surface area contributed by atoms with Crippen LogP contribution in [0.2, 0.25) is 0 Å². The molecule has 1 amide bonds. The number of fused-ring (bicyclic) bond motifs is 1. The third-order valence-electron chi connectivity index (χ3n) is 5.51. The van der Waals surface area contributed by atoms with Gasteiger partial charge in [0.05, 0.1) is 16.1 Å². The van der Waals surface area contributed by atoms with Crippen molar-refractivity contribution < 1.29 is 23.7 Å². The van der Waals surface area contributed by atoms with Crippen LogP contribution in [0.1, 0.15) is 16.1 Å². The molecular formula is C26H18N4O6S. The number of aryl methyl sites for hydroxylation is 1. The summed E-state index contributed by atoms with van der Waals surface area (Å²) in [6.45, 7) is 1.71.